The fourth-order valence-corrected chi connectivity index (χ4v) is 2.09. The van der Waals surface area contributed by atoms with E-state index in [-0.39, 0.29) is 5.91 Å². The van der Waals surface area contributed by atoms with E-state index in [1.165, 1.54) is 4.90 Å². The molecular weight excluding hydrogens is 252 g/mol. The second-order valence-electron chi connectivity index (χ2n) is 5.20. The lowest BCUT2D eigenvalue weighted by molar-refractivity contribution is -0.151. The van der Waals surface area contributed by atoms with Crippen molar-refractivity contribution in [2.75, 3.05) is 6.54 Å². The van der Waals surface area contributed by atoms with E-state index in [0.717, 1.165) is 6.42 Å². The number of likely N-dealkylation sites (tertiary alicyclic amines) is 1. The largest absolute Gasteiger partial charge is 0.324 e. The molecule has 6 heteroatoms. The van der Waals surface area contributed by atoms with Crippen LogP contribution in [0.25, 0.3) is 0 Å². The van der Waals surface area contributed by atoms with Gasteiger partial charge in [-0.25, -0.2) is 0 Å². The van der Waals surface area contributed by atoms with Gasteiger partial charge in [-0.3, -0.25) is 14.4 Å². The number of Topliss-reactive ketones (excluding diaryl/α,β-unsaturated/α-hetero) is 1. The first kappa shape index (κ1) is 15.0. The number of hydrogen-bond acceptors (Lipinski definition) is 4. The Labute approximate surface area is 113 Å². The van der Waals surface area contributed by atoms with Gasteiger partial charge >= 0.3 is 0 Å². The monoisotopic (exact) mass is 272 g/mol. The molecule has 1 saturated heterocycles. The molecule has 0 radical (unpaired) electrons. The SMILES string of the molecule is CCC(C)(C)C(=O)C(=O)N1CCC[C@H]1C(=O)NS. The van der Waals surface area contributed by atoms with Gasteiger partial charge in [0.2, 0.25) is 5.78 Å². The van der Waals surface area contributed by atoms with Crippen LogP contribution in [0.15, 0.2) is 0 Å². The molecule has 1 N–H and O–H groups in total. The summed E-state index contributed by atoms with van der Waals surface area (Å²) in [6, 6.07) is -0.563. The van der Waals surface area contributed by atoms with E-state index < -0.39 is 23.1 Å². The summed E-state index contributed by atoms with van der Waals surface area (Å²) in [5, 5.41) is 0. The molecule has 1 aliphatic heterocycles. The summed E-state index contributed by atoms with van der Waals surface area (Å²) in [5.74, 6) is -1.31. The second-order valence-corrected chi connectivity index (χ2v) is 5.42. The van der Waals surface area contributed by atoms with Crippen molar-refractivity contribution >= 4 is 30.4 Å². The summed E-state index contributed by atoms with van der Waals surface area (Å²) >= 11 is 3.70. The van der Waals surface area contributed by atoms with Crippen LogP contribution in [0, 0.1) is 5.41 Å². The molecule has 0 aromatic heterocycles. The molecule has 0 spiro atoms. The highest BCUT2D eigenvalue weighted by Gasteiger charge is 2.40. The van der Waals surface area contributed by atoms with E-state index in [2.05, 4.69) is 17.5 Å². The molecule has 0 aliphatic carbocycles. The van der Waals surface area contributed by atoms with E-state index in [0.29, 0.717) is 19.4 Å². The zero-order valence-electron chi connectivity index (χ0n) is 11.0. The van der Waals surface area contributed by atoms with Crippen LogP contribution in [-0.4, -0.2) is 35.1 Å². The van der Waals surface area contributed by atoms with E-state index in [1.54, 1.807) is 13.8 Å². The molecule has 18 heavy (non-hydrogen) atoms. The van der Waals surface area contributed by atoms with Gasteiger partial charge in [-0.1, -0.05) is 33.6 Å². The highest BCUT2D eigenvalue weighted by Crippen LogP contribution is 2.25. The van der Waals surface area contributed by atoms with Gasteiger partial charge in [0.1, 0.15) is 6.04 Å². The van der Waals surface area contributed by atoms with Crippen LogP contribution in [0.5, 0.6) is 0 Å². The first-order chi connectivity index (χ1) is 8.35. The van der Waals surface area contributed by atoms with Crippen LogP contribution in [-0.2, 0) is 14.4 Å². The fourth-order valence-electron chi connectivity index (χ4n) is 1.94. The smallest absolute Gasteiger partial charge is 0.291 e. The molecule has 5 nitrogen and oxygen atoms in total. The van der Waals surface area contributed by atoms with Gasteiger partial charge in [-0.05, 0) is 19.3 Å². The predicted molar refractivity (Wildman–Crippen MR) is 70.9 cm³/mol. The maximum atomic E-state index is 12.2. The summed E-state index contributed by atoms with van der Waals surface area (Å²) < 4.78 is 2.23. The Kier molecular flexibility index (Phi) is 4.78. The summed E-state index contributed by atoms with van der Waals surface area (Å²) in [5.41, 5.74) is -0.679. The third kappa shape index (κ3) is 2.85. The molecule has 0 aromatic rings. The van der Waals surface area contributed by atoms with Gasteiger partial charge in [0, 0.05) is 12.0 Å². The number of hydrogen-bond donors (Lipinski definition) is 2. The first-order valence-electron chi connectivity index (χ1n) is 6.14. The van der Waals surface area contributed by atoms with Crippen molar-refractivity contribution in [3.63, 3.8) is 0 Å². The maximum Gasteiger partial charge on any atom is 0.291 e. The third-order valence-electron chi connectivity index (χ3n) is 3.62. The lowest BCUT2D eigenvalue weighted by Crippen LogP contribution is -2.49. The maximum absolute atomic E-state index is 12.2. The van der Waals surface area contributed by atoms with Crippen LogP contribution in [0.3, 0.4) is 0 Å². The zero-order chi connectivity index (χ0) is 13.9. The lowest BCUT2D eigenvalue weighted by Gasteiger charge is -2.27. The number of carbonyl (C=O) groups is 3. The predicted octanol–water partition coefficient (Wildman–Crippen LogP) is 0.944. The van der Waals surface area contributed by atoms with Crippen LogP contribution in [0.2, 0.25) is 0 Å². The minimum absolute atomic E-state index is 0.328. The molecule has 102 valence electrons. The molecule has 0 bridgehead atoms. The van der Waals surface area contributed by atoms with Crippen molar-refractivity contribution in [3.8, 4) is 0 Å². The quantitative estimate of drug-likeness (QED) is 0.591. The highest BCUT2D eigenvalue weighted by molar-refractivity contribution is 7.78. The van der Waals surface area contributed by atoms with E-state index in [1.807, 2.05) is 6.92 Å². The van der Waals surface area contributed by atoms with Crippen molar-refractivity contribution in [1.82, 2.24) is 9.62 Å². The molecule has 0 aromatic carbocycles. The molecular formula is C12H20N2O3S. The Morgan fingerprint density at radius 3 is 2.50 bits per heavy atom. The van der Waals surface area contributed by atoms with E-state index >= 15 is 0 Å². The summed E-state index contributed by atoms with van der Waals surface area (Å²) in [4.78, 5) is 37.2. The van der Waals surface area contributed by atoms with Crippen LogP contribution in [0.1, 0.15) is 40.0 Å². The van der Waals surface area contributed by atoms with E-state index in [4.69, 9.17) is 0 Å². The molecule has 1 rings (SSSR count). The molecule has 2 amide bonds. The van der Waals surface area contributed by atoms with Crippen molar-refractivity contribution in [3.05, 3.63) is 0 Å². The van der Waals surface area contributed by atoms with Gasteiger partial charge in [0.05, 0.1) is 0 Å². The Morgan fingerprint density at radius 2 is 2.00 bits per heavy atom. The molecule has 0 unspecified atom stereocenters. The number of ketones is 1. The second kappa shape index (κ2) is 5.73. The zero-order valence-corrected chi connectivity index (χ0v) is 11.9. The van der Waals surface area contributed by atoms with Gasteiger partial charge in [0.15, 0.2) is 0 Å². The van der Waals surface area contributed by atoms with Crippen LogP contribution >= 0.6 is 12.8 Å². The average molecular weight is 272 g/mol. The fraction of sp³-hybridized carbons (Fsp3) is 0.750. The molecule has 0 saturated carbocycles. The van der Waals surface area contributed by atoms with Crippen molar-refractivity contribution in [1.29, 1.82) is 0 Å². The number of amides is 2. The van der Waals surface area contributed by atoms with Crippen molar-refractivity contribution in [2.24, 2.45) is 5.41 Å². The third-order valence-corrected chi connectivity index (χ3v) is 3.84. The summed E-state index contributed by atoms with van der Waals surface area (Å²) in [7, 11) is 0. The van der Waals surface area contributed by atoms with Crippen molar-refractivity contribution in [2.45, 2.75) is 46.1 Å². The molecule has 1 fully saturated rings. The average Bonchev–Trinajstić information content (AvgIpc) is 2.85. The van der Waals surface area contributed by atoms with Crippen molar-refractivity contribution < 1.29 is 14.4 Å². The number of carbonyl (C=O) groups excluding carboxylic acids is 3. The molecule has 1 atom stereocenters. The van der Waals surface area contributed by atoms with Gasteiger partial charge in [-0.2, -0.15) is 0 Å². The van der Waals surface area contributed by atoms with Gasteiger partial charge in [0.25, 0.3) is 11.8 Å². The standard InChI is InChI=1S/C12H20N2O3S/c1-4-12(2,3)9(15)11(17)14-7-5-6-8(14)10(16)13-18/h8,18H,4-7H2,1-3H3,(H,13,16)/t8-/m0/s1. The minimum Gasteiger partial charge on any atom is -0.324 e. The topological polar surface area (TPSA) is 66.5 Å². The number of nitrogens with one attached hydrogen (secondary N) is 1. The highest BCUT2D eigenvalue weighted by atomic mass is 32.1. The van der Waals surface area contributed by atoms with Crippen LogP contribution < -0.4 is 4.72 Å². The summed E-state index contributed by atoms with van der Waals surface area (Å²) in [6.45, 7) is 5.82. The molecule has 1 aliphatic rings. The van der Waals surface area contributed by atoms with Crippen LogP contribution in [0.4, 0.5) is 0 Å². The minimum atomic E-state index is -0.679. The Bertz CT molecular complexity index is 368. The number of thiol groups is 1. The Hall–Kier alpha value is -1.04. The van der Waals surface area contributed by atoms with Gasteiger partial charge < -0.3 is 9.62 Å². The number of rotatable bonds is 4. The Morgan fingerprint density at radius 1 is 1.39 bits per heavy atom. The summed E-state index contributed by atoms with van der Waals surface area (Å²) in [6.07, 6.45) is 1.91. The normalized spacial score (nSPS) is 19.8. The van der Waals surface area contributed by atoms with Gasteiger partial charge in [-0.15, -0.1) is 0 Å². The first-order valence-corrected chi connectivity index (χ1v) is 6.59. The molecule has 1 heterocycles. The number of nitrogens with zero attached hydrogens (tertiary/aromatic N) is 1. The lowest BCUT2D eigenvalue weighted by atomic mass is 9.84. The van der Waals surface area contributed by atoms with E-state index in [9.17, 15) is 14.4 Å². The Balaban J connectivity index is 2.84.